The molecule has 0 amide bonds. The number of ketones is 1. The number of hydrogen-bond donors (Lipinski definition) is 0. The number of allylic oxidation sites excluding steroid dienone is 6. The fourth-order valence-corrected chi connectivity index (χ4v) is 4.45. The van der Waals surface area contributed by atoms with Crippen LogP contribution in [0.2, 0.25) is 0 Å². The summed E-state index contributed by atoms with van der Waals surface area (Å²) in [6, 6.07) is 7.96. The molecule has 0 atom stereocenters. The monoisotopic (exact) mass is 358 g/mol. The van der Waals surface area contributed by atoms with E-state index in [1.165, 1.54) is 11.3 Å². The number of nitrogens with zero attached hydrogens (tertiary/aromatic N) is 2. The van der Waals surface area contributed by atoms with E-state index in [1.807, 2.05) is 25.1 Å². The molecule has 1 fully saturated rings. The zero-order chi connectivity index (χ0) is 18.5. The molecule has 0 saturated carbocycles. The molecule has 0 bridgehead atoms. The average molecular weight is 358 g/mol. The summed E-state index contributed by atoms with van der Waals surface area (Å²) in [5, 5.41) is 0. The zero-order valence-corrected chi connectivity index (χ0v) is 15.7. The summed E-state index contributed by atoms with van der Waals surface area (Å²) < 4.78 is 5.50. The van der Waals surface area contributed by atoms with Gasteiger partial charge < -0.3 is 9.64 Å². The van der Waals surface area contributed by atoms with Gasteiger partial charge in [-0.05, 0) is 48.3 Å². The van der Waals surface area contributed by atoms with E-state index < -0.39 is 0 Å². The van der Waals surface area contributed by atoms with Gasteiger partial charge in [-0.1, -0.05) is 24.3 Å². The summed E-state index contributed by atoms with van der Waals surface area (Å²) in [4.78, 5) is 20.4. The second kappa shape index (κ2) is 6.17. The van der Waals surface area contributed by atoms with Crippen molar-refractivity contribution in [1.82, 2.24) is 4.90 Å². The molecule has 5 rings (SSSR count). The Bertz CT molecular complexity index is 1010. The molecular weight excluding hydrogens is 336 g/mol. The summed E-state index contributed by atoms with van der Waals surface area (Å²) in [5.74, 6) is 0.114. The van der Waals surface area contributed by atoms with E-state index in [2.05, 4.69) is 35.0 Å². The molecule has 136 valence electrons. The minimum atomic E-state index is 0.114. The second-order valence-corrected chi connectivity index (χ2v) is 7.45. The SMILES string of the molecule is CC1=NCC(C)=C1C1=C2C=C(N3CCOCC3)C=C2c2ccccc2C1=O. The summed E-state index contributed by atoms with van der Waals surface area (Å²) >= 11 is 0. The van der Waals surface area contributed by atoms with Crippen LogP contribution in [0.25, 0.3) is 5.57 Å². The first-order valence-electron chi connectivity index (χ1n) is 9.51. The molecule has 1 saturated heterocycles. The third-order valence-corrected chi connectivity index (χ3v) is 5.80. The average Bonchev–Trinajstić information content (AvgIpc) is 3.28. The quantitative estimate of drug-likeness (QED) is 0.811. The highest BCUT2D eigenvalue weighted by molar-refractivity contribution is 6.26. The van der Waals surface area contributed by atoms with Crippen LogP contribution >= 0.6 is 0 Å². The lowest BCUT2D eigenvalue weighted by molar-refractivity contribution is 0.0555. The van der Waals surface area contributed by atoms with Crippen molar-refractivity contribution in [2.75, 3.05) is 32.8 Å². The topological polar surface area (TPSA) is 41.9 Å². The van der Waals surface area contributed by atoms with Crippen molar-refractivity contribution >= 4 is 17.1 Å². The molecule has 4 heteroatoms. The van der Waals surface area contributed by atoms with Crippen LogP contribution in [0.4, 0.5) is 0 Å². The Morgan fingerprint density at radius 3 is 2.44 bits per heavy atom. The van der Waals surface area contributed by atoms with Gasteiger partial charge in [0.2, 0.25) is 0 Å². The van der Waals surface area contributed by atoms with E-state index >= 15 is 0 Å². The van der Waals surface area contributed by atoms with E-state index in [-0.39, 0.29) is 5.78 Å². The van der Waals surface area contributed by atoms with Crippen molar-refractivity contribution in [2.24, 2.45) is 4.99 Å². The largest absolute Gasteiger partial charge is 0.378 e. The number of ether oxygens (including phenoxy) is 1. The first-order chi connectivity index (χ1) is 13.1. The molecule has 2 heterocycles. The predicted molar refractivity (Wildman–Crippen MR) is 107 cm³/mol. The van der Waals surface area contributed by atoms with Crippen LogP contribution in [0.15, 0.2) is 69.4 Å². The number of carbonyl (C=O) groups is 1. The minimum Gasteiger partial charge on any atom is -0.378 e. The number of fused-ring (bicyclic) bond motifs is 3. The summed E-state index contributed by atoms with van der Waals surface area (Å²) in [6.45, 7) is 8.05. The van der Waals surface area contributed by atoms with Gasteiger partial charge in [0, 0.05) is 41.2 Å². The lowest BCUT2D eigenvalue weighted by atomic mass is 9.78. The lowest BCUT2D eigenvalue weighted by Gasteiger charge is -2.28. The van der Waals surface area contributed by atoms with Crippen molar-refractivity contribution in [3.63, 3.8) is 0 Å². The number of hydrogen-bond acceptors (Lipinski definition) is 4. The minimum absolute atomic E-state index is 0.114. The molecular formula is C23H22N2O2. The van der Waals surface area contributed by atoms with E-state index in [0.29, 0.717) is 6.54 Å². The smallest absolute Gasteiger partial charge is 0.194 e. The molecule has 1 aromatic rings. The van der Waals surface area contributed by atoms with Crippen molar-refractivity contribution in [1.29, 1.82) is 0 Å². The third kappa shape index (κ3) is 2.47. The first-order valence-corrected chi connectivity index (χ1v) is 9.51. The molecule has 4 nitrogen and oxygen atoms in total. The van der Waals surface area contributed by atoms with Gasteiger partial charge in [0.25, 0.3) is 0 Å². The maximum Gasteiger partial charge on any atom is 0.194 e. The number of rotatable bonds is 2. The van der Waals surface area contributed by atoms with Crippen LogP contribution in [0.3, 0.4) is 0 Å². The van der Waals surface area contributed by atoms with Gasteiger partial charge in [0.1, 0.15) is 0 Å². The second-order valence-electron chi connectivity index (χ2n) is 7.45. The molecule has 0 aromatic heterocycles. The Labute approximate surface area is 159 Å². The van der Waals surface area contributed by atoms with Crippen molar-refractivity contribution < 1.29 is 9.53 Å². The Kier molecular flexibility index (Phi) is 3.76. The van der Waals surface area contributed by atoms with Crippen molar-refractivity contribution in [3.8, 4) is 0 Å². The highest BCUT2D eigenvalue weighted by Gasteiger charge is 2.35. The molecule has 0 radical (unpaired) electrons. The number of carbonyl (C=O) groups excluding carboxylic acids is 1. The van der Waals surface area contributed by atoms with Crippen molar-refractivity contribution in [3.05, 3.63) is 75.5 Å². The fourth-order valence-electron chi connectivity index (χ4n) is 4.45. The van der Waals surface area contributed by atoms with Crippen LogP contribution < -0.4 is 0 Å². The Hall–Kier alpha value is -2.72. The third-order valence-electron chi connectivity index (χ3n) is 5.80. The van der Waals surface area contributed by atoms with E-state index in [9.17, 15) is 4.79 Å². The Morgan fingerprint density at radius 1 is 1.00 bits per heavy atom. The molecule has 2 aliphatic carbocycles. The van der Waals surface area contributed by atoms with E-state index in [1.54, 1.807) is 0 Å². The predicted octanol–water partition coefficient (Wildman–Crippen LogP) is 3.58. The van der Waals surface area contributed by atoms with E-state index in [0.717, 1.165) is 65.4 Å². The molecule has 27 heavy (non-hydrogen) atoms. The van der Waals surface area contributed by atoms with Crippen LogP contribution in [0, 0.1) is 0 Å². The van der Waals surface area contributed by atoms with Crippen LogP contribution in [0.5, 0.6) is 0 Å². The number of aliphatic imine (C=N–C) groups is 1. The fraction of sp³-hybridized carbons (Fsp3) is 0.304. The maximum absolute atomic E-state index is 13.5. The van der Waals surface area contributed by atoms with Gasteiger partial charge in [-0.2, -0.15) is 0 Å². The van der Waals surface area contributed by atoms with Gasteiger partial charge in [0.05, 0.1) is 19.8 Å². The Balaban J connectivity index is 1.72. The summed E-state index contributed by atoms with van der Waals surface area (Å²) in [5.41, 5.74) is 9.20. The van der Waals surface area contributed by atoms with Gasteiger partial charge in [-0.3, -0.25) is 9.79 Å². The van der Waals surface area contributed by atoms with E-state index in [4.69, 9.17) is 4.74 Å². The van der Waals surface area contributed by atoms with Gasteiger partial charge >= 0.3 is 0 Å². The first kappa shape index (κ1) is 16.5. The zero-order valence-electron chi connectivity index (χ0n) is 15.7. The number of morpholine rings is 1. The normalized spacial score (nSPS) is 21.9. The van der Waals surface area contributed by atoms with Gasteiger partial charge in [0.15, 0.2) is 5.78 Å². The highest BCUT2D eigenvalue weighted by atomic mass is 16.5. The maximum atomic E-state index is 13.5. The van der Waals surface area contributed by atoms with Crippen LogP contribution in [-0.4, -0.2) is 49.2 Å². The summed E-state index contributed by atoms with van der Waals surface area (Å²) in [7, 11) is 0. The summed E-state index contributed by atoms with van der Waals surface area (Å²) in [6.07, 6.45) is 4.43. The molecule has 2 aliphatic heterocycles. The highest BCUT2D eigenvalue weighted by Crippen LogP contribution is 2.44. The van der Waals surface area contributed by atoms with Gasteiger partial charge in [-0.25, -0.2) is 0 Å². The van der Waals surface area contributed by atoms with Gasteiger partial charge in [-0.15, -0.1) is 0 Å². The number of Topliss-reactive ketones (excluding diaryl/α,β-unsaturated/α-hetero) is 1. The van der Waals surface area contributed by atoms with Crippen molar-refractivity contribution in [2.45, 2.75) is 13.8 Å². The lowest BCUT2D eigenvalue weighted by Crippen LogP contribution is -2.34. The molecule has 0 unspecified atom stereocenters. The van der Waals surface area contributed by atoms with Crippen LogP contribution in [-0.2, 0) is 4.74 Å². The molecule has 0 N–H and O–H groups in total. The molecule has 1 aromatic carbocycles. The standard InChI is InChI=1S/C23H22N2O2/c1-14-13-24-15(2)21(14)22-20-12-16(25-7-9-27-10-8-25)11-19(20)17-5-3-4-6-18(17)23(22)26/h3-6,11-12H,7-10,13H2,1-2H3. The molecule has 0 spiro atoms. The molecule has 4 aliphatic rings. The number of benzene rings is 1. The Morgan fingerprint density at radius 2 is 1.74 bits per heavy atom. The van der Waals surface area contributed by atoms with Crippen LogP contribution in [0.1, 0.15) is 29.8 Å².